The highest BCUT2D eigenvalue weighted by atomic mass is 16.8. The Morgan fingerprint density at radius 2 is 2.25 bits per heavy atom. The summed E-state index contributed by atoms with van der Waals surface area (Å²) < 4.78 is 14.5. The second kappa shape index (κ2) is 5.18. The maximum Gasteiger partial charge on any atom is 0.508 e. The molecule has 0 radical (unpaired) electrons. The Hall–Kier alpha value is -1.26. The van der Waals surface area contributed by atoms with Gasteiger partial charge in [0, 0.05) is 6.42 Å². The van der Waals surface area contributed by atoms with Crippen LogP contribution in [0, 0.1) is 5.41 Å². The number of carbonyl (C=O) groups is 2. The van der Waals surface area contributed by atoms with Crippen LogP contribution in [0.1, 0.15) is 33.6 Å². The third kappa shape index (κ3) is 3.40. The zero-order valence-corrected chi connectivity index (χ0v) is 9.95. The molecular formula is C11H18O5. The monoisotopic (exact) mass is 230 g/mol. The van der Waals surface area contributed by atoms with Crippen molar-refractivity contribution in [2.45, 2.75) is 39.7 Å². The van der Waals surface area contributed by atoms with Gasteiger partial charge in [0.15, 0.2) is 0 Å². The lowest BCUT2D eigenvalue weighted by Crippen LogP contribution is -2.27. The first kappa shape index (κ1) is 12.8. The van der Waals surface area contributed by atoms with Gasteiger partial charge in [-0.25, -0.2) is 4.79 Å². The van der Waals surface area contributed by atoms with Crippen LogP contribution in [0.25, 0.3) is 0 Å². The SMILES string of the molecule is CCC(C)(C)C(=O)OCCC1COC(=O)O1. The van der Waals surface area contributed by atoms with Gasteiger partial charge in [0.2, 0.25) is 0 Å². The molecule has 1 heterocycles. The van der Waals surface area contributed by atoms with Crippen LogP contribution in [0.3, 0.4) is 0 Å². The van der Waals surface area contributed by atoms with Crippen LogP contribution in [0.5, 0.6) is 0 Å². The Morgan fingerprint density at radius 3 is 2.75 bits per heavy atom. The fourth-order valence-corrected chi connectivity index (χ4v) is 1.13. The second-order valence-electron chi connectivity index (χ2n) is 4.46. The van der Waals surface area contributed by atoms with E-state index in [1.54, 1.807) is 0 Å². The number of esters is 1. The molecule has 1 aliphatic rings. The number of carbonyl (C=O) groups excluding carboxylic acids is 2. The highest BCUT2D eigenvalue weighted by molar-refractivity contribution is 5.75. The van der Waals surface area contributed by atoms with Crippen molar-refractivity contribution in [2.24, 2.45) is 5.41 Å². The summed E-state index contributed by atoms with van der Waals surface area (Å²) in [4.78, 5) is 22.2. The number of hydrogen-bond donors (Lipinski definition) is 0. The fraction of sp³-hybridized carbons (Fsp3) is 0.818. The van der Waals surface area contributed by atoms with E-state index in [9.17, 15) is 9.59 Å². The van der Waals surface area contributed by atoms with Crippen LogP contribution in [0.2, 0.25) is 0 Å². The van der Waals surface area contributed by atoms with E-state index in [1.165, 1.54) is 0 Å². The van der Waals surface area contributed by atoms with Crippen LogP contribution in [-0.4, -0.2) is 31.4 Å². The zero-order valence-electron chi connectivity index (χ0n) is 9.95. The van der Waals surface area contributed by atoms with E-state index in [2.05, 4.69) is 4.74 Å². The zero-order chi connectivity index (χ0) is 12.2. The van der Waals surface area contributed by atoms with Crippen molar-refractivity contribution in [3.63, 3.8) is 0 Å². The first-order valence-corrected chi connectivity index (χ1v) is 5.46. The van der Waals surface area contributed by atoms with Gasteiger partial charge in [0.1, 0.15) is 12.7 Å². The van der Waals surface area contributed by atoms with Crippen molar-refractivity contribution in [1.82, 2.24) is 0 Å². The molecule has 1 unspecified atom stereocenters. The molecule has 0 bridgehead atoms. The molecule has 1 atom stereocenters. The van der Waals surface area contributed by atoms with Crippen LogP contribution in [0.15, 0.2) is 0 Å². The Balaban J connectivity index is 2.20. The summed E-state index contributed by atoms with van der Waals surface area (Å²) in [5.74, 6) is -0.222. The van der Waals surface area contributed by atoms with Gasteiger partial charge in [-0.15, -0.1) is 0 Å². The number of ether oxygens (including phenoxy) is 3. The predicted molar refractivity (Wildman–Crippen MR) is 55.9 cm³/mol. The Labute approximate surface area is 95.0 Å². The first-order valence-electron chi connectivity index (χ1n) is 5.46. The minimum absolute atomic E-state index is 0.222. The molecule has 0 aromatic rings. The van der Waals surface area contributed by atoms with E-state index in [1.807, 2.05) is 20.8 Å². The third-order valence-electron chi connectivity index (χ3n) is 2.76. The molecular weight excluding hydrogens is 212 g/mol. The van der Waals surface area contributed by atoms with Crippen LogP contribution in [0.4, 0.5) is 4.79 Å². The van der Waals surface area contributed by atoms with Gasteiger partial charge in [-0.3, -0.25) is 4.79 Å². The van der Waals surface area contributed by atoms with E-state index in [4.69, 9.17) is 9.47 Å². The Bertz CT molecular complexity index is 272. The van der Waals surface area contributed by atoms with Crippen molar-refractivity contribution in [2.75, 3.05) is 13.2 Å². The number of cyclic esters (lactones) is 2. The summed E-state index contributed by atoms with van der Waals surface area (Å²) in [5, 5.41) is 0. The van der Waals surface area contributed by atoms with Crippen LogP contribution >= 0.6 is 0 Å². The Kier molecular flexibility index (Phi) is 4.15. The first-order chi connectivity index (χ1) is 7.45. The average Bonchev–Trinajstić information content (AvgIpc) is 2.64. The standard InChI is InChI=1S/C11H18O5/c1-4-11(2,3)9(12)14-6-5-8-7-15-10(13)16-8/h8H,4-7H2,1-3H3. The summed E-state index contributed by atoms with van der Waals surface area (Å²) in [6.07, 6.45) is 0.278. The Morgan fingerprint density at radius 1 is 1.56 bits per heavy atom. The van der Waals surface area contributed by atoms with Crippen LogP contribution in [-0.2, 0) is 19.0 Å². The van der Waals surface area contributed by atoms with Crippen molar-refractivity contribution < 1.29 is 23.8 Å². The third-order valence-corrected chi connectivity index (χ3v) is 2.76. The van der Waals surface area contributed by atoms with Crippen molar-refractivity contribution in [3.8, 4) is 0 Å². The molecule has 0 aromatic heterocycles. The summed E-state index contributed by atoms with van der Waals surface area (Å²) >= 11 is 0. The van der Waals surface area contributed by atoms with Gasteiger partial charge < -0.3 is 14.2 Å². The largest absolute Gasteiger partial charge is 0.508 e. The van der Waals surface area contributed by atoms with E-state index < -0.39 is 11.6 Å². The lowest BCUT2D eigenvalue weighted by atomic mass is 9.91. The van der Waals surface area contributed by atoms with Gasteiger partial charge in [-0.2, -0.15) is 0 Å². The minimum Gasteiger partial charge on any atom is -0.465 e. The lowest BCUT2D eigenvalue weighted by molar-refractivity contribution is -0.154. The molecule has 0 amide bonds. The summed E-state index contributed by atoms with van der Waals surface area (Å²) in [5.41, 5.74) is -0.456. The number of hydrogen-bond acceptors (Lipinski definition) is 5. The molecule has 1 rings (SSSR count). The molecule has 0 N–H and O–H groups in total. The average molecular weight is 230 g/mol. The van der Waals surface area contributed by atoms with Gasteiger partial charge in [-0.05, 0) is 20.3 Å². The molecule has 1 fully saturated rings. The summed E-state index contributed by atoms with van der Waals surface area (Å²) in [7, 11) is 0. The fourth-order valence-electron chi connectivity index (χ4n) is 1.13. The van der Waals surface area contributed by atoms with Crippen LogP contribution < -0.4 is 0 Å². The number of rotatable bonds is 5. The molecule has 5 heteroatoms. The molecule has 5 nitrogen and oxygen atoms in total. The van der Waals surface area contributed by atoms with Gasteiger partial charge in [0.05, 0.1) is 12.0 Å². The molecule has 1 aliphatic heterocycles. The highest BCUT2D eigenvalue weighted by Gasteiger charge is 2.28. The minimum atomic E-state index is -0.648. The van der Waals surface area contributed by atoms with Crippen molar-refractivity contribution >= 4 is 12.1 Å². The quantitative estimate of drug-likeness (QED) is 0.675. The molecule has 92 valence electrons. The molecule has 1 saturated heterocycles. The second-order valence-corrected chi connectivity index (χ2v) is 4.46. The van der Waals surface area contributed by atoms with E-state index >= 15 is 0 Å². The molecule has 0 aromatic carbocycles. The van der Waals surface area contributed by atoms with Crippen molar-refractivity contribution in [1.29, 1.82) is 0 Å². The van der Waals surface area contributed by atoms with E-state index in [0.29, 0.717) is 6.42 Å². The van der Waals surface area contributed by atoms with Gasteiger partial charge in [-0.1, -0.05) is 6.92 Å². The van der Waals surface area contributed by atoms with Gasteiger partial charge >= 0.3 is 12.1 Å². The summed E-state index contributed by atoms with van der Waals surface area (Å²) in [6.45, 7) is 6.12. The molecule has 0 aliphatic carbocycles. The lowest BCUT2D eigenvalue weighted by Gasteiger charge is -2.20. The molecule has 0 saturated carbocycles. The highest BCUT2D eigenvalue weighted by Crippen LogP contribution is 2.21. The maximum absolute atomic E-state index is 11.6. The van der Waals surface area contributed by atoms with E-state index in [0.717, 1.165) is 6.42 Å². The normalized spacial score (nSPS) is 20.2. The van der Waals surface area contributed by atoms with Crippen molar-refractivity contribution in [3.05, 3.63) is 0 Å². The smallest absolute Gasteiger partial charge is 0.465 e. The summed E-state index contributed by atoms with van der Waals surface area (Å²) in [6, 6.07) is 0. The van der Waals surface area contributed by atoms with E-state index in [-0.39, 0.29) is 25.3 Å². The predicted octanol–water partition coefficient (Wildman–Crippen LogP) is 1.89. The maximum atomic E-state index is 11.6. The topological polar surface area (TPSA) is 61.8 Å². The van der Waals surface area contributed by atoms with Gasteiger partial charge in [0.25, 0.3) is 0 Å². The molecule has 16 heavy (non-hydrogen) atoms. The molecule has 0 spiro atoms.